The van der Waals surface area contributed by atoms with Crippen LogP contribution in [0.5, 0.6) is 0 Å². The third-order valence-electron chi connectivity index (χ3n) is 2.60. The summed E-state index contributed by atoms with van der Waals surface area (Å²) in [7, 11) is 2.07. The van der Waals surface area contributed by atoms with Crippen LogP contribution in [0.4, 0.5) is 0 Å². The third-order valence-corrected chi connectivity index (χ3v) is 3.03. The second-order valence-electron chi connectivity index (χ2n) is 3.64. The van der Waals surface area contributed by atoms with E-state index >= 15 is 0 Å². The van der Waals surface area contributed by atoms with Crippen molar-refractivity contribution in [3.05, 3.63) is 28.5 Å². The van der Waals surface area contributed by atoms with Crippen LogP contribution in [0.1, 0.15) is 12.1 Å². The quantitative estimate of drug-likeness (QED) is 0.927. The minimum absolute atomic E-state index is 0.735. The summed E-state index contributed by atoms with van der Waals surface area (Å²) in [5, 5.41) is 0. The van der Waals surface area contributed by atoms with Gasteiger partial charge in [-0.3, -0.25) is 4.98 Å². The molecule has 0 amide bonds. The van der Waals surface area contributed by atoms with Gasteiger partial charge in [-0.2, -0.15) is 0 Å². The molecule has 0 unspecified atom stereocenters. The summed E-state index contributed by atoms with van der Waals surface area (Å²) in [6.07, 6.45) is 3.86. The zero-order chi connectivity index (χ0) is 10.8. The van der Waals surface area contributed by atoms with E-state index < -0.39 is 0 Å². The molecule has 0 saturated carbocycles. The smallest absolute Gasteiger partial charge is 0.0884 e. The molecule has 0 aromatic carbocycles. The molecule has 0 bridgehead atoms. The molecule has 80 valence electrons. The van der Waals surface area contributed by atoms with Crippen molar-refractivity contribution in [1.82, 2.24) is 9.55 Å². The van der Waals surface area contributed by atoms with Crippen molar-refractivity contribution >= 4 is 27.0 Å². The van der Waals surface area contributed by atoms with Crippen LogP contribution in [-0.2, 0) is 13.5 Å². The fourth-order valence-electron chi connectivity index (χ4n) is 1.75. The number of hydrogen-bond donors (Lipinski definition) is 1. The lowest BCUT2D eigenvalue weighted by atomic mass is 10.2. The molecule has 0 aliphatic heterocycles. The number of fused-ring (bicyclic) bond motifs is 1. The van der Waals surface area contributed by atoms with Crippen LogP contribution in [0.3, 0.4) is 0 Å². The molecule has 2 N–H and O–H groups in total. The predicted octanol–water partition coefficient (Wildman–Crippen LogP) is 2.23. The van der Waals surface area contributed by atoms with Crippen molar-refractivity contribution in [3.8, 4) is 0 Å². The highest BCUT2D eigenvalue weighted by atomic mass is 79.9. The van der Waals surface area contributed by atoms with Gasteiger partial charge in [0.25, 0.3) is 0 Å². The first-order chi connectivity index (χ1) is 7.22. The van der Waals surface area contributed by atoms with Crippen LogP contribution in [0.15, 0.2) is 22.8 Å². The molecule has 2 aromatic rings. The second kappa shape index (κ2) is 4.33. The van der Waals surface area contributed by atoms with Gasteiger partial charge in [-0.05, 0) is 47.4 Å². The van der Waals surface area contributed by atoms with Crippen LogP contribution in [0.2, 0.25) is 0 Å². The Morgan fingerprint density at radius 2 is 2.27 bits per heavy atom. The van der Waals surface area contributed by atoms with Gasteiger partial charge in [0.15, 0.2) is 0 Å². The Kier molecular flexibility index (Phi) is 3.07. The maximum atomic E-state index is 5.51. The molecule has 0 saturated heterocycles. The van der Waals surface area contributed by atoms with Gasteiger partial charge in [0.05, 0.1) is 11.0 Å². The fraction of sp³-hybridized carbons (Fsp3) is 0.364. The van der Waals surface area contributed by atoms with E-state index in [-0.39, 0.29) is 0 Å². The van der Waals surface area contributed by atoms with Crippen molar-refractivity contribution in [2.75, 3.05) is 6.54 Å². The highest BCUT2D eigenvalue weighted by Gasteiger charge is 2.06. The largest absolute Gasteiger partial charge is 0.346 e. The molecular weight excluding hydrogens is 254 g/mol. The number of nitrogens with two attached hydrogens (primary N) is 1. The molecule has 0 aliphatic carbocycles. The molecule has 0 radical (unpaired) electrons. The van der Waals surface area contributed by atoms with E-state index in [0.717, 1.165) is 34.9 Å². The second-order valence-corrected chi connectivity index (χ2v) is 4.56. The summed E-state index contributed by atoms with van der Waals surface area (Å²) < 4.78 is 3.20. The summed E-state index contributed by atoms with van der Waals surface area (Å²) >= 11 is 3.43. The summed E-state index contributed by atoms with van der Waals surface area (Å²) in [5.41, 5.74) is 9.02. The number of aromatic nitrogens is 2. The Bertz CT molecular complexity index is 476. The number of pyridine rings is 1. The lowest BCUT2D eigenvalue weighted by Gasteiger charge is -2.02. The van der Waals surface area contributed by atoms with Gasteiger partial charge in [-0.1, -0.05) is 0 Å². The molecule has 2 heterocycles. The van der Waals surface area contributed by atoms with Crippen LogP contribution < -0.4 is 5.73 Å². The van der Waals surface area contributed by atoms with E-state index in [9.17, 15) is 0 Å². The van der Waals surface area contributed by atoms with Crippen molar-refractivity contribution in [2.45, 2.75) is 12.8 Å². The Morgan fingerprint density at radius 3 is 3.00 bits per heavy atom. The van der Waals surface area contributed by atoms with Gasteiger partial charge in [0.2, 0.25) is 0 Å². The number of rotatable bonds is 3. The minimum Gasteiger partial charge on any atom is -0.346 e. The monoisotopic (exact) mass is 267 g/mol. The summed E-state index contributed by atoms with van der Waals surface area (Å²) in [4.78, 5) is 4.37. The van der Waals surface area contributed by atoms with Gasteiger partial charge in [0.1, 0.15) is 0 Å². The molecule has 0 aliphatic rings. The van der Waals surface area contributed by atoms with Gasteiger partial charge in [-0.15, -0.1) is 0 Å². The predicted molar refractivity (Wildman–Crippen MR) is 65.8 cm³/mol. The van der Waals surface area contributed by atoms with Gasteiger partial charge >= 0.3 is 0 Å². The molecule has 2 aromatic heterocycles. The zero-order valence-corrected chi connectivity index (χ0v) is 10.3. The molecule has 15 heavy (non-hydrogen) atoms. The lowest BCUT2D eigenvalue weighted by molar-refractivity contribution is 0.766. The molecule has 3 nitrogen and oxygen atoms in total. The topological polar surface area (TPSA) is 43.8 Å². The van der Waals surface area contributed by atoms with E-state index in [1.807, 2.05) is 6.20 Å². The summed E-state index contributed by atoms with van der Waals surface area (Å²) in [5.74, 6) is 0. The first kappa shape index (κ1) is 10.6. The number of nitrogens with zero attached hydrogens (tertiary/aromatic N) is 2. The van der Waals surface area contributed by atoms with Gasteiger partial charge in [-0.25, -0.2) is 0 Å². The van der Waals surface area contributed by atoms with E-state index in [1.54, 1.807) is 0 Å². The Morgan fingerprint density at radius 1 is 1.47 bits per heavy atom. The molecule has 0 fully saturated rings. The molecule has 0 atom stereocenters. The Labute approximate surface area is 97.4 Å². The fourth-order valence-corrected chi connectivity index (χ4v) is 2.07. The SMILES string of the molecule is Cn1c(CCCN)cc2ncc(Br)cc21. The number of hydrogen-bond acceptors (Lipinski definition) is 2. The van der Waals surface area contributed by atoms with E-state index in [4.69, 9.17) is 5.73 Å². The normalized spacial score (nSPS) is 11.1. The Hall–Kier alpha value is -0.870. The molecule has 4 heteroatoms. The first-order valence-electron chi connectivity index (χ1n) is 5.02. The highest BCUT2D eigenvalue weighted by molar-refractivity contribution is 9.10. The van der Waals surface area contributed by atoms with E-state index in [0.29, 0.717) is 0 Å². The maximum Gasteiger partial charge on any atom is 0.0884 e. The Balaban J connectivity index is 2.45. The van der Waals surface area contributed by atoms with Crippen LogP contribution in [0, 0.1) is 0 Å². The standard InChI is InChI=1S/C11H14BrN3/c1-15-9(3-2-4-13)6-10-11(15)5-8(12)7-14-10/h5-7H,2-4,13H2,1H3. The van der Waals surface area contributed by atoms with Gasteiger partial charge < -0.3 is 10.3 Å². The molecule has 2 rings (SSSR count). The third kappa shape index (κ3) is 2.06. The summed E-state index contributed by atoms with van der Waals surface area (Å²) in [6, 6.07) is 4.23. The van der Waals surface area contributed by atoms with Crippen molar-refractivity contribution in [1.29, 1.82) is 0 Å². The lowest BCUT2D eigenvalue weighted by Crippen LogP contribution is -2.03. The van der Waals surface area contributed by atoms with Crippen LogP contribution >= 0.6 is 15.9 Å². The van der Waals surface area contributed by atoms with E-state index in [1.165, 1.54) is 5.69 Å². The summed E-state index contributed by atoms with van der Waals surface area (Å²) in [6.45, 7) is 0.735. The number of aryl methyl sites for hydroxylation is 2. The van der Waals surface area contributed by atoms with Crippen molar-refractivity contribution in [2.24, 2.45) is 12.8 Å². The highest BCUT2D eigenvalue weighted by Crippen LogP contribution is 2.21. The average Bonchev–Trinajstić information content (AvgIpc) is 2.53. The van der Waals surface area contributed by atoms with Gasteiger partial charge in [0, 0.05) is 23.4 Å². The van der Waals surface area contributed by atoms with E-state index in [2.05, 4.69) is 44.7 Å². The molecule has 0 spiro atoms. The zero-order valence-electron chi connectivity index (χ0n) is 8.70. The van der Waals surface area contributed by atoms with Crippen molar-refractivity contribution < 1.29 is 0 Å². The van der Waals surface area contributed by atoms with Crippen LogP contribution in [0.25, 0.3) is 11.0 Å². The average molecular weight is 268 g/mol. The number of halogens is 1. The molecular formula is C11H14BrN3. The maximum absolute atomic E-state index is 5.51. The van der Waals surface area contributed by atoms with Crippen LogP contribution in [-0.4, -0.2) is 16.1 Å². The van der Waals surface area contributed by atoms with Crippen molar-refractivity contribution in [3.63, 3.8) is 0 Å². The first-order valence-corrected chi connectivity index (χ1v) is 5.81. The minimum atomic E-state index is 0.735.